The first-order chi connectivity index (χ1) is 5.91. The van der Waals surface area contributed by atoms with Crippen LogP contribution in [0.15, 0.2) is 0 Å². The summed E-state index contributed by atoms with van der Waals surface area (Å²) in [5.41, 5.74) is 0. The smallest absolute Gasteiger partial charge is 0.832 e. The molecule has 7 nitrogen and oxygen atoms in total. The Labute approximate surface area is 97.0 Å². The van der Waals surface area contributed by atoms with E-state index in [9.17, 15) is 9.59 Å². The van der Waals surface area contributed by atoms with Gasteiger partial charge in [-0.15, -0.1) is 11.6 Å². The number of carboxylic acids is 1. The van der Waals surface area contributed by atoms with Crippen molar-refractivity contribution >= 4 is 30.9 Å². The van der Waals surface area contributed by atoms with Crippen molar-refractivity contribution in [1.82, 2.24) is 0 Å². The van der Waals surface area contributed by atoms with Crippen molar-refractivity contribution < 1.29 is 53.4 Å². The van der Waals surface area contributed by atoms with Gasteiger partial charge in [0.1, 0.15) is 6.61 Å². The average Bonchev–Trinajstić information content (AvgIpc) is 1.98. The molecule has 0 aromatic carbocycles. The second-order valence-corrected chi connectivity index (χ2v) is 1.83. The first kappa shape index (κ1) is 19.4. The Morgan fingerprint density at radius 2 is 1.79 bits per heavy atom. The molecule has 14 heavy (non-hydrogen) atoms. The second kappa shape index (κ2) is 12.8. The molecule has 0 saturated carbocycles. The van der Waals surface area contributed by atoms with E-state index in [1.807, 2.05) is 0 Å². The largest absolute Gasteiger partial charge is 1.00 e. The van der Waals surface area contributed by atoms with E-state index in [4.69, 9.17) is 31.8 Å². The van der Waals surface area contributed by atoms with Crippen molar-refractivity contribution in [3.8, 4) is 0 Å². The molecule has 0 aliphatic heterocycles. The Kier molecular flexibility index (Phi) is 17.7. The first-order valence-corrected chi connectivity index (χ1v) is 3.43. The summed E-state index contributed by atoms with van der Waals surface area (Å²) in [6.45, 7) is -0.0628. The number of halogens is 1. The summed E-state index contributed by atoms with van der Waals surface area (Å²) in [5, 5.41) is 30.6. The molecule has 0 aromatic heterocycles. The van der Waals surface area contributed by atoms with Crippen LogP contribution in [0.3, 0.4) is 0 Å². The zero-order valence-electron chi connectivity index (χ0n) is 7.34. The van der Waals surface area contributed by atoms with E-state index in [1.54, 1.807) is 0 Å². The van der Waals surface area contributed by atoms with Crippen LogP contribution < -0.4 is 23.9 Å². The number of carbonyl (C=O) groups excluding carboxylic acids is 1. The molecule has 0 aliphatic rings. The molecule has 0 spiro atoms. The molecule has 0 fully saturated rings. The number of hydrogen-bond acceptors (Lipinski definition) is 6. The van der Waals surface area contributed by atoms with Crippen LogP contribution in [0.1, 0.15) is 0 Å². The predicted octanol–water partition coefficient (Wildman–Crippen LogP) is -5.83. The minimum atomic E-state index is -2.42. The molecule has 0 aromatic rings. The molecular weight excluding hydrogens is 213 g/mol. The fourth-order valence-corrected chi connectivity index (χ4v) is 0.270. The van der Waals surface area contributed by atoms with E-state index < -0.39 is 19.3 Å². The van der Waals surface area contributed by atoms with Crippen LogP contribution in [0.4, 0.5) is 0 Å². The third-order valence-corrected chi connectivity index (χ3v) is 0.639. The van der Waals surface area contributed by atoms with E-state index in [-0.39, 0.29) is 31.3 Å². The van der Waals surface area contributed by atoms with Crippen LogP contribution >= 0.6 is 11.6 Å². The Morgan fingerprint density at radius 1 is 1.43 bits per heavy atom. The minimum Gasteiger partial charge on any atom is -0.832 e. The van der Waals surface area contributed by atoms with Crippen LogP contribution in [0.25, 0.3) is 0 Å². The molecule has 0 aliphatic carbocycles. The zero-order chi connectivity index (χ0) is 10.9. The summed E-state index contributed by atoms with van der Waals surface area (Å²) in [4.78, 5) is 19.7. The SMILES string of the molecule is O=C(O)C(=O)OCCCl.[Li+].[O-]B(O)O. The molecule has 76 valence electrons. The maximum atomic E-state index is 10.0. The molecule has 0 saturated heterocycles. The van der Waals surface area contributed by atoms with Crippen molar-refractivity contribution in [2.45, 2.75) is 0 Å². The monoisotopic (exact) mass is 220 g/mol. The van der Waals surface area contributed by atoms with Gasteiger partial charge in [-0.05, 0) is 0 Å². The summed E-state index contributed by atoms with van der Waals surface area (Å²) < 4.78 is 4.08. The van der Waals surface area contributed by atoms with Crippen molar-refractivity contribution in [3.05, 3.63) is 0 Å². The van der Waals surface area contributed by atoms with E-state index in [0.29, 0.717) is 0 Å². The topological polar surface area (TPSA) is 127 Å². The minimum absolute atomic E-state index is 0. The molecule has 0 bridgehead atoms. The summed E-state index contributed by atoms with van der Waals surface area (Å²) in [6, 6.07) is 0. The molecule has 0 atom stereocenters. The van der Waals surface area contributed by atoms with Crippen molar-refractivity contribution in [1.29, 1.82) is 0 Å². The van der Waals surface area contributed by atoms with Gasteiger partial charge in [-0.25, -0.2) is 9.59 Å². The number of rotatable bonds is 2. The van der Waals surface area contributed by atoms with Crippen LogP contribution in [0.2, 0.25) is 0 Å². The number of hydrogen-bond donors (Lipinski definition) is 3. The zero-order valence-corrected chi connectivity index (χ0v) is 8.10. The standard InChI is InChI=1S/C4H5ClO4.BH2O3.Li/c5-1-2-9-4(8)3(6)7;2-1(3)4;/h1-2H2,(H,6,7);2-3H;/q;-1;+1. The maximum absolute atomic E-state index is 10.0. The quantitative estimate of drug-likeness (QED) is 0.183. The second-order valence-electron chi connectivity index (χ2n) is 1.46. The molecule has 10 heteroatoms. The van der Waals surface area contributed by atoms with Gasteiger partial charge in [-0.1, -0.05) is 0 Å². The van der Waals surface area contributed by atoms with Gasteiger partial charge in [0.25, 0.3) is 0 Å². The molecule has 3 N–H and O–H groups in total. The van der Waals surface area contributed by atoms with Crippen LogP contribution in [-0.2, 0) is 14.3 Å². The molecule has 0 heterocycles. The van der Waals surface area contributed by atoms with E-state index in [0.717, 1.165) is 0 Å². The van der Waals surface area contributed by atoms with Gasteiger partial charge >= 0.3 is 38.1 Å². The third-order valence-electron chi connectivity index (χ3n) is 0.485. The van der Waals surface area contributed by atoms with Gasteiger partial charge in [0, 0.05) is 0 Å². The maximum Gasteiger partial charge on any atom is 1.00 e. The van der Waals surface area contributed by atoms with Gasteiger partial charge < -0.3 is 24.9 Å². The predicted molar refractivity (Wildman–Crippen MR) is 39.5 cm³/mol. The van der Waals surface area contributed by atoms with Crippen LogP contribution in [-0.4, -0.2) is 46.9 Å². The molecule has 0 amide bonds. The van der Waals surface area contributed by atoms with Crippen LogP contribution in [0.5, 0.6) is 0 Å². The fourth-order valence-electron chi connectivity index (χ4n) is 0.193. The summed E-state index contributed by atoms with van der Waals surface area (Å²) in [5.74, 6) is -2.75. The Morgan fingerprint density at radius 3 is 2.00 bits per heavy atom. The van der Waals surface area contributed by atoms with Gasteiger partial charge in [0.15, 0.2) is 0 Å². The van der Waals surface area contributed by atoms with Gasteiger partial charge in [0.05, 0.1) is 5.88 Å². The summed E-state index contributed by atoms with van der Waals surface area (Å²) in [6.07, 6.45) is 0. The summed E-state index contributed by atoms with van der Waals surface area (Å²) >= 11 is 5.08. The van der Waals surface area contributed by atoms with E-state index in [2.05, 4.69) is 4.74 Å². The normalized spacial score (nSPS) is 7.43. The first-order valence-electron chi connectivity index (χ1n) is 2.89. The van der Waals surface area contributed by atoms with Crippen molar-refractivity contribution in [2.75, 3.05) is 12.5 Å². The van der Waals surface area contributed by atoms with Crippen molar-refractivity contribution in [2.24, 2.45) is 0 Å². The number of ether oxygens (including phenoxy) is 1. The van der Waals surface area contributed by atoms with Crippen molar-refractivity contribution in [3.63, 3.8) is 0 Å². The van der Waals surface area contributed by atoms with Gasteiger partial charge in [0.2, 0.25) is 0 Å². The number of aliphatic carboxylic acids is 1. The number of esters is 1. The average molecular weight is 220 g/mol. The summed E-state index contributed by atoms with van der Waals surface area (Å²) in [7, 11) is -2.42. The fraction of sp³-hybridized carbons (Fsp3) is 0.500. The number of carboxylic acid groups (broad SMARTS) is 1. The van der Waals surface area contributed by atoms with E-state index >= 15 is 0 Å². The molecule has 0 radical (unpaired) electrons. The molecular formula is C4H7BClLiO7. The Balaban J connectivity index is -0.000000209. The molecule has 0 unspecified atom stereocenters. The van der Waals surface area contributed by atoms with E-state index in [1.165, 1.54) is 0 Å². The third kappa shape index (κ3) is 22.6. The Bertz CT molecular complexity index is 163. The Hall–Kier alpha value is -0.228. The number of carbonyl (C=O) groups is 2. The number of alkyl halides is 1. The van der Waals surface area contributed by atoms with Gasteiger partial charge in [-0.2, -0.15) is 0 Å². The van der Waals surface area contributed by atoms with Crippen LogP contribution in [0, 0.1) is 0 Å². The van der Waals surface area contributed by atoms with Gasteiger partial charge in [-0.3, -0.25) is 0 Å². The molecule has 0 rings (SSSR count).